The van der Waals surface area contributed by atoms with Crippen molar-refractivity contribution in [3.8, 4) is 0 Å². The Hall–Kier alpha value is -1.18. The van der Waals surface area contributed by atoms with Crippen molar-refractivity contribution in [3.05, 3.63) is 64.7 Å². The monoisotopic (exact) mass is 279 g/mol. The SMILES string of the molecule is CN(Cc1cccc(Cl)c1)c1ccccc1CCl. The molecule has 18 heavy (non-hydrogen) atoms. The number of hydrogen-bond donors (Lipinski definition) is 0. The summed E-state index contributed by atoms with van der Waals surface area (Å²) in [7, 11) is 2.06. The van der Waals surface area contributed by atoms with Gasteiger partial charge in [0.15, 0.2) is 0 Å². The van der Waals surface area contributed by atoms with Gasteiger partial charge in [-0.25, -0.2) is 0 Å². The van der Waals surface area contributed by atoms with Crippen LogP contribution in [-0.4, -0.2) is 7.05 Å². The lowest BCUT2D eigenvalue weighted by Crippen LogP contribution is -2.17. The summed E-state index contributed by atoms with van der Waals surface area (Å²) >= 11 is 11.9. The average molecular weight is 280 g/mol. The van der Waals surface area contributed by atoms with Gasteiger partial charge in [0.2, 0.25) is 0 Å². The third-order valence-corrected chi connectivity index (χ3v) is 3.38. The summed E-state index contributed by atoms with van der Waals surface area (Å²) in [6.07, 6.45) is 0. The minimum atomic E-state index is 0.524. The first-order chi connectivity index (χ1) is 8.70. The fourth-order valence-electron chi connectivity index (χ4n) is 1.99. The van der Waals surface area contributed by atoms with Gasteiger partial charge in [0.1, 0.15) is 0 Å². The zero-order valence-electron chi connectivity index (χ0n) is 10.2. The summed E-state index contributed by atoms with van der Waals surface area (Å²) in [5, 5.41) is 0.770. The highest BCUT2D eigenvalue weighted by Gasteiger charge is 2.06. The Bertz CT molecular complexity index is 525. The number of hydrogen-bond acceptors (Lipinski definition) is 1. The molecule has 0 radical (unpaired) electrons. The minimum absolute atomic E-state index is 0.524. The second-order valence-corrected chi connectivity index (χ2v) is 4.95. The standard InChI is InChI=1S/C15H15Cl2N/c1-18(11-12-5-4-7-14(17)9-12)15-8-3-2-6-13(15)10-16/h2-9H,10-11H2,1H3. The Kier molecular flexibility index (Phi) is 4.51. The molecule has 0 heterocycles. The summed E-state index contributed by atoms with van der Waals surface area (Å²) in [5.74, 6) is 0.524. The van der Waals surface area contributed by atoms with Gasteiger partial charge in [0.25, 0.3) is 0 Å². The van der Waals surface area contributed by atoms with E-state index in [2.05, 4.69) is 30.1 Å². The van der Waals surface area contributed by atoms with Crippen molar-refractivity contribution in [2.45, 2.75) is 12.4 Å². The van der Waals surface area contributed by atoms with Gasteiger partial charge in [-0.3, -0.25) is 0 Å². The van der Waals surface area contributed by atoms with Crippen molar-refractivity contribution in [2.24, 2.45) is 0 Å². The Balaban J connectivity index is 2.19. The van der Waals surface area contributed by atoms with Crippen LogP contribution in [0, 0.1) is 0 Å². The number of para-hydroxylation sites is 1. The molecule has 0 aromatic heterocycles. The predicted octanol–water partition coefficient (Wildman–Crippen LogP) is 4.72. The molecule has 0 fully saturated rings. The van der Waals surface area contributed by atoms with Crippen LogP contribution in [0.1, 0.15) is 11.1 Å². The quantitative estimate of drug-likeness (QED) is 0.733. The van der Waals surface area contributed by atoms with E-state index in [1.165, 1.54) is 5.56 Å². The van der Waals surface area contributed by atoms with E-state index in [-0.39, 0.29) is 0 Å². The van der Waals surface area contributed by atoms with Crippen molar-refractivity contribution in [3.63, 3.8) is 0 Å². The summed E-state index contributed by atoms with van der Waals surface area (Å²) in [6, 6.07) is 16.1. The Morgan fingerprint density at radius 2 is 1.83 bits per heavy atom. The van der Waals surface area contributed by atoms with E-state index in [9.17, 15) is 0 Å². The third kappa shape index (κ3) is 3.18. The maximum atomic E-state index is 5.99. The van der Waals surface area contributed by atoms with E-state index in [4.69, 9.17) is 23.2 Å². The zero-order valence-corrected chi connectivity index (χ0v) is 11.7. The molecule has 94 valence electrons. The fourth-order valence-corrected chi connectivity index (χ4v) is 2.43. The maximum absolute atomic E-state index is 5.99. The van der Waals surface area contributed by atoms with E-state index in [0.717, 1.165) is 22.8 Å². The van der Waals surface area contributed by atoms with Crippen molar-refractivity contribution in [2.75, 3.05) is 11.9 Å². The number of benzene rings is 2. The van der Waals surface area contributed by atoms with Crippen LogP contribution in [0.3, 0.4) is 0 Å². The molecule has 0 atom stereocenters. The molecule has 0 N–H and O–H groups in total. The normalized spacial score (nSPS) is 10.4. The molecule has 0 aliphatic heterocycles. The molecule has 3 heteroatoms. The number of nitrogens with zero attached hydrogens (tertiary/aromatic N) is 1. The van der Waals surface area contributed by atoms with Gasteiger partial charge in [0.05, 0.1) is 0 Å². The topological polar surface area (TPSA) is 3.24 Å². The van der Waals surface area contributed by atoms with Gasteiger partial charge < -0.3 is 4.90 Å². The van der Waals surface area contributed by atoms with Gasteiger partial charge in [-0.1, -0.05) is 41.9 Å². The van der Waals surface area contributed by atoms with Gasteiger partial charge in [-0.2, -0.15) is 0 Å². The van der Waals surface area contributed by atoms with E-state index in [0.29, 0.717) is 5.88 Å². The number of alkyl halides is 1. The molecule has 2 aromatic rings. The third-order valence-electron chi connectivity index (χ3n) is 2.86. The van der Waals surface area contributed by atoms with Crippen LogP contribution in [0.5, 0.6) is 0 Å². The van der Waals surface area contributed by atoms with Gasteiger partial charge >= 0.3 is 0 Å². The highest BCUT2D eigenvalue weighted by molar-refractivity contribution is 6.30. The summed E-state index contributed by atoms with van der Waals surface area (Å²) in [6.45, 7) is 0.814. The molecule has 0 saturated heterocycles. The van der Waals surface area contributed by atoms with Gasteiger partial charge in [0, 0.05) is 30.2 Å². The smallest absolute Gasteiger partial charge is 0.0494 e. The molecule has 0 bridgehead atoms. The number of anilines is 1. The Morgan fingerprint density at radius 3 is 2.56 bits per heavy atom. The molecule has 1 nitrogen and oxygen atoms in total. The van der Waals surface area contributed by atoms with Crippen LogP contribution in [0.25, 0.3) is 0 Å². The van der Waals surface area contributed by atoms with E-state index >= 15 is 0 Å². The maximum Gasteiger partial charge on any atom is 0.0494 e. The predicted molar refractivity (Wildman–Crippen MR) is 79.6 cm³/mol. The molecule has 0 saturated carbocycles. The van der Waals surface area contributed by atoms with E-state index in [1.807, 2.05) is 30.3 Å². The van der Waals surface area contributed by atoms with Crippen LogP contribution in [0.15, 0.2) is 48.5 Å². The minimum Gasteiger partial charge on any atom is -0.370 e. The lowest BCUT2D eigenvalue weighted by atomic mass is 10.1. The van der Waals surface area contributed by atoms with Crippen LogP contribution >= 0.6 is 23.2 Å². The largest absolute Gasteiger partial charge is 0.370 e. The Morgan fingerprint density at radius 1 is 1.06 bits per heavy atom. The van der Waals surface area contributed by atoms with Crippen LogP contribution < -0.4 is 4.90 Å². The zero-order chi connectivity index (χ0) is 13.0. The van der Waals surface area contributed by atoms with Crippen LogP contribution in [0.4, 0.5) is 5.69 Å². The number of rotatable bonds is 4. The van der Waals surface area contributed by atoms with Gasteiger partial charge in [-0.15, -0.1) is 11.6 Å². The lowest BCUT2D eigenvalue weighted by Gasteiger charge is -2.22. The Labute approximate surface area is 118 Å². The average Bonchev–Trinajstić information content (AvgIpc) is 2.38. The molecule has 0 amide bonds. The second-order valence-electron chi connectivity index (χ2n) is 4.25. The lowest BCUT2D eigenvalue weighted by molar-refractivity contribution is 0.916. The summed E-state index contributed by atoms with van der Waals surface area (Å²) < 4.78 is 0. The van der Waals surface area contributed by atoms with Gasteiger partial charge in [-0.05, 0) is 29.3 Å². The van der Waals surface area contributed by atoms with Crippen molar-refractivity contribution >= 4 is 28.9 Å². The highest BCUT2D eigenvalue weighted by atomic mass is 35.5. The number of halogens is 2. The van der Waals surface area contributed by atoms with Crippen LogP contribution in [0.2, 0.25) is 5.02 Å². The molecule has 0 unspecified atom stereocenters. The van der Waals surface area contributed by atoms with Crippen molar-refractivity contribution < 1.29 is 0 Å². The first-order valence-electron chi connectivity index (χ1n) is 5.80. The molecule has 0 aliphatic carbocycles. The highest BCUT2D eigenvalue weighted by Crippen LogP contribution is 2.23. The summed E-state index contributed by atoms with van der Waals surface area (Å²) in [5.41, 5.74) is 3.49. The fraction of sp³-hybridized carbons (Fsp3) is 0.200. The van der Waals surface area contributed by atoms with Crippen molar-refractivity contribution in [1.29, 1.82) is 0 Å². The molecule has 2 rings (SSSR count). The second kappa shape index (κ2) is 6.12. The molecular weight excluding hydrogens is 265 g/mol. The van der Waals surface area contributed by atoms with Crippen molar-refractivity contribution in [1.82, 2.24) is 0 Å². The first-order valence-corrected chi connectivity index (χ1v) is 6.71. The molecular formula is C15H15Cl2N. The van der Waals surface area contributed by atoms with E-state index in [1.54, 1.807) is 0 Å². The molecule has 0 aliphatic rings. The first kappa shape index (κ1) is 13.3. The molecule has 2 aromatic carbocycles. The summed E-state index contributed by atoms with van der Waals surface area (Å²) in [4.78, 5) is 2.18. The van der Waals surface area contributed by atoms with E-state index < -0.39 is 0 Å². The molecule has 0 spiro atoms. The van der Waals surface area contributed by atoms with Crippen LogP contribution in [-0.2, 0) is 12.4 Å².